The third-order valence-electron chi connectivity index (χ3n) is 4.11. The van der Waals surface area contributed by atoms with Gasteiger partial charge in [-0.05, 0) is 108 Å². The van der Waals surface area contributed by atoms with Crippen molar-refractivity contribution in [1.29, 1.82) is 0 Å². The lowest BCUT2D eigenvalue weighted by atomic mass is 10.4. The Labute approximate surface area is 181 Å². The molecule has 176 valence electrons. The summed E-state index contributed by atoms with van der Waals surface area (Å²) in [7, 11) is 13.4. The Bertz CT molecular complexity index is 305. The van der Waals surface area contributed by atoms with Crippen molar-refractivity contribution in [2.75, 3.05) is 109 Å². The maximum absolute atomic E-state index is 6.21. The highest BCUT2D eigenvalue weighted by molar-refractivity contribution is 6.53. The predicted molar refractivity (Wildman–Crippen MR) is 122 cm³/mol. The van der Waals surface area contributed by atoms with Crippen LogP contribution in [0.2, 0.25) is 0 Å². The van der Waals surface area contributed by atoms with Crippen LogP contribution in [0.3, 0.4) is 0 Å². The van der Waals surface area contributed by atoms with Crippen LogP contribution in [-0.2, 0) is 17.7 Å². The highest BCUT2D eigenvalue weighted by atomic mass is 28.4. The molecule has 0 amide bonds. The lowest BCUT2D eigenvalue weighted by Crippen LogP contribution is -2.50. The van der Waals surface area contributed by atoms with Crippen molar-refractivity contribution < 1.29 is 17.7 Å². The van der Waals surface area contributed by atoms with E-state index in [1.807, 2.05) is 0 Å². The van der Waals surface area contributed by atoms with Crippen LogP contribution < -0.4 is 0 Å². The third kappa shape index (κ3) is 18.4. The van der Waals surface area contributed by atoms with Gasteiger partial charge in [0, 0.05) is 26.4 Å². The zero-order valence-electron chi connectivity index (χ0n) is 20.4. The normalized spacial score (nSPS) is 12.8. The monoisotopic (exact) mass is 436 g/mol. The van der Waals surface area contributed by atoms with Crippen molar-refractivity contribution in [3.8, 4) is 0 Å². The Kier molecular flexibility index (Phi) is 17.5. The number of rotatable bonds is 20. The first-order valence-electron chi connectivity index (χ1n) is 10.8. The molecule has 0 radical (unpaired) electrons. The Balaban J connectivity index is 4.86. The van der Waals surface area contributed by atoms with Crippen LogP contribution in [0.4, 0.5) is 0 Å². The Morgan fingerprint density at radius 1 is 0.414 bits per heavy atom. The molecule has 0 N–H and O–H groups in total. The van der Waals surface area contributed by atoms with Gasteiger partial charge in [0.05, 0.1) is 0 Å². The van der Waals surface area contributed by atoms with Gasteiger partial charge in [-0.2, -0.15) is 0 Å². The van der Waals surface area contributed by atoms with E-state index in [1.165, 1.54) is 0 Å². The molecule has 0 unspecified atom stereocenters. The van der Waals surface area contributed by atoms with Crippen LogP contribution in [0.25, 0.3) is 0 Å². The molecule has 0 aromatic carbocycles. The fourth-order valence-electron chi connectivity index (χ4n) is 2.56. The summed E-state index contributed by atoms with van der Waals surface area (Å²) < 4.78 is 24.8. The van der Waals surface area contributed by atoms with E-state index in [0.717, 1.165) is 51.9 Å². The summed E-state index contributed by atoms with van der Waals surface area (Å²) >= 11 is 0. The predicted octanol–water partition coefficient (Wildman–Crippen LogP) is 1.30. The summed E-state index contributed by atoms with van der Waals surface area (Å²) in [5.41, 5.74) is 0. The number of hydrogen-bond donors (Lipinski definition) is 0. The first-order valence-corrected chi connectivity index (χ1v) is 12.4. The van der Waals surface area contributed by atoms with Gasteiger partial charge in [0.25, 0.3) is 0 Å². The lowest BCUT2D eigenvalue weighted by Gasteiger charge is -2.29. The summed E-state index contributed by atoms with van der Waals surface area (Å²) in [4.78, 5) is 8.61. The van der Waals surface area contributed by atoms with E-state index in [9.17, 15) is 0 Å². The molecule has 8 nitrogen and oxygen atoms in total. The topological polar surface area (TPSA) is 49.9 Å². The van der Waals surface area contributed by atoms with Gasteiger partial charge in [-0.3, -0.25) is 0 Å². The second-order valence-corrected chi connectivity index (χ2v) is 10.7. The van der Waals surface area contributed by atoms with Gasteiger partial charge in [0.15, 0.2) is 0 Å². The van der Waals surface area contributed by atoms with Crippen molar-refractivity contribution in [3.63, 3.8) is 0 Å². The quantitative estimate of drug-likeness (QED) is 0.209. The Morgan fingerprint density at radius 2 is 0.621 bits per heavy atom. The van der Waals surface area contributed by atoms with E-state index >= 15 is 0 Å². The largest absolute Gasteiger partial charge is 0.679 e. The molecule has 0 bridgehead atoms. The molecule has 0 spiro atoms. The van der Waals surface area contributed by atoms with Gasteiger partial charge in [0.1, 0.15) is 0 Å². The molecular weight excluding hydrogens is 388 g/mol. The molecule has 0 aliphatic carbocycles. The molecule has 0 rings (SSSR count). The van der Waals surface area contributed by atoms with E-state index in [4.69, 9.17) is 17.7 Å². The van der Waals surface area contributed by atoms with Crippen LogP contribution >= 0.6 is 0 Å². The minimum atomic E-state index is -3.16. The van der Waals surface area contributed by atoms with Gasteiger partial charge in [-0.1, -0.05) is 0 Å². The molecule has 0 aliphatic heterocycles. The van der Waals surface area contributed by atoms with Crippen LogP contribution in [0.15, 0.2) is 0 Å². The summed E-state index contributed by atoms with van der Waals surface area (Å²) in [6.07, 6.45) is 3.69. The molecule has 0 atom stereocenters. The summed E-state index contributed by atoms with van der Waals surface area (Å²) in [5, 5.41) is 0. The van der Waals surface area contributed by atoms with Crippen LogP contribution in [0.5, 0.6) is 0 Å². The SMILES string of the molecule is CN(C)CCCO[Si](OCCCN(C)C)(OCCCN(C)C)OCCCN(C)C. The molecule has 0 fully saturated rings. The fraction of sp³-hybridized carbons (Fsp3) is 1.00. The second-order valence-electron chi connectivity index (χ2n) is 8.52. The third-order valence-corrected chi connectivity index (χ3v) is 6.34. The zero-order chi connectivity index (χ0) is 22.1. The summed E-state index contributed by atoms with van der Waals surface area (Å²) in [5.74, 6) is 0. The van der Waals surface area contributed by atoms with Gasteiger partial charge in [-0.25, -0.2) is 0 Å². The van der Waals surface area contributed by atoms with Gasteiger partial charge in [-0.15, -0.1) is 0 Å². The fourth-order valence-corrected chi connectivity index (χ4v) is 4.64. The number of nitrogens with zero attached hydrogens (tertiary/aromatic N) is 4. The van der Waals surface area contributed by atoms with E-state index in [1.54, 1.807) is 0 Å². The minimum absolute atomic E-state index is 0.583. The van der Waals surface area contributed by atoms with Crippen molar-refractivity contribution in [3.05, 3.63) is 0 Å². The Hall–Kier alpha value is -0.103. The highest BCUT2D eigenvalue weighted by Gasteiger charge is 2.45. The summed E-state index contributed by atoms with van der Waals surface area (Å²) in [6.45, 7) is 6.19. The van der Waals surface area contributed by atoms with Crippen molar-refractivity contribution >= 4 is 9.05 Å². The molecule has 0 aromatic heterocycles. The second kappa shape index (κ2) is 17.6. The average Bonchev–Trinajstić information content (AvgIpc) is 2.62. The van der Waals surface area contributed by atoms with Crippen molar-refractivity contribution in [1.82, 2.24) is 19.6 Å². The molecule has 0 aliphatic rings. The Morgan fingerprint density at radius 3 is 0.793 bits per heavy atom. The van der Waals surface area contributed by atoms with Crippen molar-refractivity contribution in [2.24, 2.45) is 0 Å². The minimum Gasteiger partial charge on any atom is -0.351 e. The maximum atomic E-state index is 6.21. The molecule has 9 heteroatoms. The van der Waals surface area contributed by atoms with Crippen molar-refractivity contribution in [2.45, 2.75) is 25.7 Å². The molecular formula is C20H48N4O4Si. The van der Waals surface area contributed by atoms with E-state index in [0.29, 0.717) is 26.4 Å². The first-order chi connectivity index (χ1) is 13.7. The molecule has 29 heavy (non-hydrogen) atoms. The van der Waals surface area contributed by atoms with Crippen LogP contribution in [0.1, 0.15) is 25.7 Å². The number of hydrogen-bond acceptors (Lipinski definition) is 8. The smallest absolute Gasteiger partial charge is 0.351 e. The van der Waals surface area contributed by atoms with Crippen LogP contribution in [-0.4, -0.2) is 138 Å². The zero-order valence-corrected chi connectivity index (χ0v) is 21.4. The average molecular weight is 437 g/mol. The van der Waals surface area contributed by atoms with E-state index < -0.39 is 9.05 Å². The maximum Gasteiger partial charge on any atom is 0.679 e. The van der Waals surface area contributed by atoms with E-state index in [-0.39, 0.29) is 0 Å². The van der Waals surface area contributed by atoms with Crippen LogP contribution in [0, 0.1) is 0 Å². The molecule has 0 heterocycles. The first kappa shape index (κ1) is 28.9. The van der Waals surface area contributed by atoms with Gasteiger partial charge >= 0.3 is 9.05 Å². The summed E-state index contributed by atoms with van der Waals surface area (Å²) in [6, 6.07) is 0. The molecule has 0 saturated carbocycles. The van der Waals surface area contributed by atoms with E-state index in [2.05, 4.69) is 76.0 Å². The van der Waals surface area contributed by atoms with Gasteiger partial charge < -0.3 is 37.3 Å². The molecule has 0 saturated heterocycles. The standard InChI is InChI=1S/C20H48N4O4Si/c1-21(2)13-9-17-25-29(26-18-10-14-22(3)4,27-19-11-15-23(5)6)28-20-12-16-24(7)8/h9-20H2,1-8H3. The molecule has 0 aromatic rings. The highest BCUT2D eigenvalue weighted by Crippen LogP contribution is 2.15. The lowest BCUT2D eigenvalue weighted by molar-refractivity contribution is -0.0386. The van der Waals surface area contributed by atoms with Gasteiger partial charge in [0.2, 0.25) is 0 Å².